The van der Waals surface area contributed by atoms with E-state index in [-0.39, 0.29) is 0 Å². The van der Waals surface area contributed by atoms with Gasteiger partial charge in [0.25, 0.3) is 0 Å². The van der Waals surface area contributed by atoms with Crippen molar-refractivity contribution in [1.82, 2.24) is 0 Å². The van der Waals surface area contributed by atoms with Crippen molar-refractivity contribution in [3.8, 4) is 6.07 Å². The quantitative estimate of drug-likeness (QED) is 0.812. The Hall–Kier alpha value is -2.47. The van der Waals surface area contributed by atoms with Crippen molar-refractivity contribution in [2.24, 2.45) is 0 Å². The molecule has 0 saturated carbocycles. The summed E-state index contributed by atoms with van der Waals surface area (Å²) in [6.07, 6.45) is 2.09. The summed E-state index contributed by atoms with van der Waals surface area (Å²) in [5, 5.41) is 12.3. The van der Waals surface area contributed by atoms with Crippen molar-refractivity contribution in [3.63, 3.8) is 0 Å². The fraction of sp³-hybridized carbons (Fsp3) is 0.235. The molecule has 3 nitrogen and oxygen atoms in total. The lowest BCUT2D eigenvalue weighted by Crippen LogP contribution is -2.16. The van der Waals surface area contributed by atoms with Crippen LogP contribution >= 0.6 is 0 Å². The van der Waals surface area contributed by atoms with Gasteiger partial charge < -0.3 is 11.1 Å². The molecule has 1 atom stereocenters. The Bertz CT molecular complexity index is 599. The number of nitrogens with zero attached hydrogens (tertiary/aromatic N) is 1. The average molecular weight is 265 g/mol. The Morgan fingerprint density at radius 1 is 1.20 bits per heavy atom. The fourth-order valence-electron chi connectivity index (χ4n) is 2.14. The van der Waals surface area contributed by atoms with Gasteiger partial charge in [-0.1, -0.05) is 30.3 Å². The maximum Gasteiger partial charge on any atom is 0.101 e. The van der Waals surface area contributed by atoms with Gasteiger partial charge in [-0.05, 0) is 43.5 Å². The van der Waals surface area contributed by atoms with E-state index in [2.05, 4.69) is 42.6 Å². The van der Waals surface area contributed by atoms with Crippen LogP contribution in [0.25, 0.3) is 0 Å². The SMILES string of the molecule is CC(CCc1ccccc1)Nc1ccc(C#N)c(N)c1. The second-order valence-electron chi connectivity index (χ2n) is 4.98. The first-order chi connectivity index (χ1) is 9.69. The molecular weight excluding hydrogens is 246 g/mol. The molecule has 102 valence electrons. The van der Waals surface area contributed by atoms with Crippen molar-refractivity contribution in [3.05, 3.63) is 59.7 Å². The van der Waals surface area contributed by atoms with Crippen LogP contribution < -0.4 is 11.1 Å². The molecule has 2 aromatic carbocycles. The molecule has 20 heavy (non-hydrogen) atoms. The summed E-state index contributed by atoms with van der Waals surface area (Å²) in [7, 11) is 0. The highest BCUT2D eigenvalue weighted by atomic mass is 14.9. The number of rotatable bonds is 5. The zero-order chi connectivity index (χ0) is 14.4. The average Bonchev–Trinajstić information content (AvgIpc) is 2.46. The van der Waals surface area contributed by atoms with Gasteiger partial charge in [0.15, 0.2) is 0 Å². The molecule has 3 N–H and O–H groups in total. The van der Waals surface area contributed by atoms with Crippen molar-refractivity contribution < 1.29 is 0 Å². The molecule has 3 heteroatoms. The van der Waals surface area contributed by atoms with Gasteiger partial charge in [-0.25, -0.2) is 0 Å². The molecule has 0 heterocycles. The lowest BCUT2D eigenvalue weighted by molar-refractivity contribution is 0.706. The largest absolute Gasteiger partial charge is 0.398 e. The van der Waals surface area contributed by atoms with E-state index in [0.29, 0.717) is 17.3 Å². The third kappa shape index (κ3) is 3.76. The van der Waals surface area contributed by atoms with E-state index in [0.717, 1.165) is 18.5 Å². The standard InChI is InChI=1S/C17H19N3/c1-13(7-8-14-5-3-2-4-6-14)20-16-10-9-15(12-18)17(19)11-16/h2-6,9-11,13,20H,7-8,19H2,1H3. The van der Waals surface area contributed by atoms with E-state index in [9.17, 15) is 0 Å². The van der Waals surface area contributed by atoms with E-state index < -0.39 is 0 Å². The highest BCUT2D eigenvalue weighted by Gasteiger charge is 2.05. The Kier molecular flexibility index (Phi) is 4.62. The van der Waals surface area contributed by atoms with Crippen LogP contribution in [0.15, 0.2) is 48.5 Å². The van der Waals surface area contributed by atoms with Crippen molar-refractivity contribution >= 4 is 11.4 Å². The Labute approximate surface area is 120 Å². The molecule has 2 aromatic rings. The molecule has 0 spiro atoms. The number of nitrogen functional groups attached to an aromatic ring is 1. The van der Waals surface area contributed by atoms with Crippen LogP contribution in [0.2, 0.25) is 0 Å². The summed E-state index contributed by atoms with van der Waals surface area (Å²) in [5.74, 6) is 0. The van der Waals surface area contributed by atoms with Crippen LogP contribution in [-0.4, -0.2) is 6.04 Å². The second kappa shape index (κ2) is 6.63. The third-order valence-electron chi connectivity index (χ3n) is 3.29. The minimum Gasteiger partial charge on any atom is -0.398 e. The lowest BCUT2D eigenvalue weighted by atomic mass is 10.1. The number of hydrogen-bond donors (Lipinski definition) is 2. The van der Waals surface area contributed by atoms with Crippen LogP contribution in [0, 0.1) is 11.3 Å². The first-order valence-electron chi connectivity index (χ1n) is 6.79. The Morgan fingerprint density at radius 2 is 1.95 bits per heavy atom. The molecule has 0 aliphatic rings. The third-order valence-corrected chi connectivity index (χ3v) is 3.29. The molecule has 0 amide bonds. The second-order valence-corrected chi connectivity index (χ2v) is 4.98. The maximum atomic E-state index is 8.85. The van der Waals surface area contributed by atoms with E-state index in [1.165, 1.54) is 5.56 Å². The van der Waals surface area contributed by atoms with E-state index in [4.69, 9.17) is 11.0 Å². The molecule has 1 unspecified atom stereocenters. The van der Waals surface area contributed by atoms with Crippen molar-refractivity contribution in [2.75, 3.05) is 11.1 Å². The molecule has 0 saturated heterocycles. The zero-order valence-corrected chi connectivity index (χ0v) is 11.6. The van der Waals surface area contributed by atoms with Crippen LogP contribution in [0.5, 0.6) is 0 Å². The Balaban J connectivity index is 1.90. The lowest BCUT2D eigenvalue weighted by Gasteiger charge is -2.16. The molecule has 0 aliphatic heterocycles. The summed E-state index contributed by atoms with van der Waals surface area (Å²) in [6, 6.07) is 18.3. The van der Waals surface area contributed by atoms with Gasteiger partial charge in [-0.2, -0.15) is 5.26 Å². The van der Waals surface area contributed by atoms with Gasteiger partial charge in [-0.3, -0.25) is 0 Å². The summed E-state index contributed by atoms with van der Waals surface area (Å²) < 4.78 is 0. The van der Waals surface area contributed by atoms with Gasteiger partial charge in [0.2, 0.25) is 0 Å². The number of benzene rings is 2. The normalized spacial score (nSPS) is 11.6. The number of anilines is 2. The first-order valence-corrected chi connectivity index (χ1v) is 6.79. The van der Waals surface area contributed by atoms with E-state index >= 15 is 0 Å². The number of hydrogen-bond acceptors (Lipinski definition) is 3. The summed E-state index contributed by atoms with van der Waals surface area (Å²) in [5.41, 5.74) is 9.16. The summed E-state index contributed by atoms with van der Waals surface area (Å²) in [4.78, 5) is 0. The maximum absolute atomic E-state index is 8.85. The van der Waals surface area contributed by atoms with Crippen LogP contribution in [0.3, 0.4) is 0 Å². The smallest absolute Gasteiger partial charge is 0.101 e. The van der Waals surface area contributed by atoms with E-state index in [1.807, 2.05) is 18.2 Å². The molecule has 0 radical (unpaired) electrons. The van der Waals surface area contributed by atoms with Crippen molar-refractivity contribution in [2.45, 2.75) is 25.8 Å². The molecule has 2 rings (SSSR count). The highest BCUT2D eigenvalue weighted by molar-refractivity contribution is 5.62. The first kappa shape index (κ1) is 14.0. The molecule has 0 bridgehead atoms. The fourth-order valence-corrected chi connectivity index (χ4v) is 2.14. The van der Waals surface area contributed by atoms with Gasteiger partial charge in [0.1, 0.15) is 6.07 Å². The molecule has 0 fully saturated rings. The number of nitriles is 1. The summed E-state index contributed by atoms with van der Waals surface area (Å²) in [6.45, 7) is 2.15. The molecule has 0 aliphatic carbocycles. The van der Waals surface area contributed by atoms with E-state index in [1.54, 1.807) is 6.07 Å². The monoisotopic (exact) mass is 265 g/mol. The van der Waals surface area contributed by atoms with Gasteiger partial charge >= 0.3 is 0 Å². The van der Waals surface area contributed by atoms with Crippen LogP contribution in [0.4, 0.5) is 11.4 Å². The molecular formula is C17H19N3. The summed E-state index contributed by atoms with van der Waals surface area (Å²) >= 11 is 0. The number of nitrogens with two attached hydrogens (primary N) is 1. The van der Waals surface area contributed by atoms with Gasteiger partial charge in [-0.15, -0.1) is 0 Å². The zero-order valence-electron chi connectivity index (χ0n) is 11.6. The number of aryl methyl sites for hydroxylation is 1. The minimum absolute atomic E-state index is 0.350. The van der Waals surface area contributed by atoms with Crippen LogP contribution in [-0.2, 0) is 6.42 Å². The Morgan fingerprint density at radius 3 is 2.60 bits per heavy atom. The minimum atomic E-state index is 0.350. The topological polar surface area (TPSA) is 61.8 Å². The van der Waals surface area contributed by atoms with Crippen molar-refractivity contribution in [1.29, 1.82) is 5.26 Å². The number of nitrogens with one attached hydrogen (secondary N) is 1. The molecule has 0 aromatic heterocycles. The van der Waals surface area contributed by atoms with Gasteiger partial charge in [0.05, 0.1) is 11.3 Å². The van der Waals surface area contributed by atoms with Crippen LogP contribution in [0.1, 0.15) is 24.5 Å². The van der Waals surface area contributed by atoms with Gasteiger partial charge in [0, 0.05) is 11.7 Å². The highest BCUT2D eigenvalue weighted by Crippen LogP contribution is 2.18. The predicted molar refractivity (Wildman–Crippen MR) is 83.4 cm³/mol. The predicted octanol–water partition coefficient (Wildman–Crippen LogP) is 3.57.